The zero-order valence-corrected chi connectivity index (χ0v) is 12.1. The first-order valence-electron chi connectivity index (χ1n) is 7.83. The minimum absolute atomic E-state index is 0.147. The molecule has 0 aromatic rings. The molecule has 3 fully saturated rings. The quantitative estimate of drug-likeness (QED) is 0.834. The predicted molar refractivity (Wildman–Crippen MR) is 75.7 cm³/mol. The van der Waals surface area contributed by atoms with Crippen molar-refractivity contribution in [3.8, 4) is 0 Å². The fourth-order valence-corrected chi connectivity index (χ4v) is 4.10. The highest BCUT2D eigenvalue weighted by Gasteiger charge is 2.41. The third-order valence-electron chi connectivity index (χ3n) is 5.87. The van der Waals surface area contributed by atoms with Crippen LogP contribution < -0.4 is 5.73 Å². The van der Waals surface area contributed by atoms with Crippen molar-refractivity contribution in [1.82, 2.24) is 9.80 Å². The third kappa shape index (κ3) is 2.40. The first-order valence-corrected chi connectivity index (χ1v) is 7.83. The average Bonchev–Trinajstić information content (AvgIpc) is 2.58. The first-order chi connectivity index (χ1) is 9.13. The van der Waals surface area contributed by atoms with Gasteiger partial charge in [-0.1, -0.05) is 6.42 Å². The smallest absolute Gasteiger partial charge is 0.223 e. The van der Waals surface area contributed by atoms with Crippen LogP contribution >= 0.6 is 0 Å². The van der Waals surface area contributed by atoms with Crippen LogP contribution in [0.25, 0.3) is 0 Å². The van der Waals surface area contributed by atoms with Crippen molar-refractivity contribution in [2.24, 2.45) is 11.1 Å². The number of carbonyl (C=O) groups excluding carboxylic acids is 1. The lowest BCUT2D eigenvalue weighted by Crippen LogP contribution is -2.45. The van der Waals surface area contributed by atoms with E-state index in [9.17, 15) is 4.79 Å². The number of nitrogens with two attached hydrogens (primary N) is 1. The van der Waals surface area contributed by atoms with Crippen LogP contribution in [-0.4, -0.2) is 54.5 Å². The van der Waals surface area contributed by atoms with Crippen LogP contribution in [0.1, 0.15) is 44.9 Å². The van der Waals surface area contributed by atoms with E-state index in [2.05, 4.69) is 16.8 Å². The van der Waals surface area contributed by atoms with Crippen molar-refractivity contribution in [2.75, 3.05) is 26.7 Å². The van der Waals surface area contributed by atoms with Gasteiger partial charge >= 0.3 is 0 Å². The van der Waals surface area contributed by atoms with Crippen LogP contribution in [0.3, 0.4) is 0 Å². The molecule has 108 valence electrons. The first kappa shape index (κ1) is 13.4. The fourth-order valence-electron chi connectivity index (χ4n) is 4.10. The van der Waals surface area contributed by atoms with Gasteiger partial charge in [0, 0.05) is 31.6 Å². The van der Waals surface area contributed by atoms with E-state index < -0.39 is 0 Å². The van der Waals surface area contributed by atoms with E-state index in [0.717, 1.165) is 32.4 Å². The Balaban J connectivity index is 1.61. The standard InChI is InChI=1S/C15H27N3O/c1-17-12-3-4-13(17)10-18(8-5-12)14(19)9-15(11-16)6-2-7-15/h12-13H,2-11,16H2,1H3. The van der Waals surface area contributed by atoms with E-state index in [4.69, 9.17) is 5.73 Å². The molecule has 2 bridgehead atoms. The van der Waals surface area contributed by atoms with E-state index in [0.29, 0.717) is 31.0 Å². The van der Waals surface area contributed by atoms with Crippen LogP contribution in [0.5, 0.6) is 0 Å². The lowest BCUT2D eigenvalue weighted by molar-refractivity contribution is -0.135. The van der Waals surface area contributed by atoms with Gasteiger partial charge in [-0.15, -0.1) is 0 Å². The molecule has 3 rings (SSSR count). The highest BCUT2D eigenvalue weighted by atomic mass is 16.2. The van der Waals surface area contributed by atoms with Gasteiger partial charge in [0.15, 0.2) is 0 Å². The normalized spacial score (nSPS) is 33.9. The Morgan fingerprint density at radius 2 is 2.00 bits per heavy atom. The molecule has 4 nitrogen and oxygen atoms in total. The Bertz CT molecular complexity index is 348. The zero-order chi connectivity index (χ0) is 13.5. The molecule has 1 saturated carbocycles. The number of rotatable bonds is 3. The van der Waals surface area contributed by atoms with Crippen LogP contribution in [0.15, 0.2) is 0 Å². The summed E-state index contributed by atoms with van der Waals surface area (Å²) in [4.78, 5) is 17.2. The molecule has 1 amide bonds. The molecule has 2 heterocycles. The maximum absolute atomic E-state index is 12.6. The van der Waals surface area contributed by atoms with Crippen molar-refractivity contribution >= 4 is 5.91 Å². The second-order valence-corrected chi connectivity index (χ2v) is 6.91. The molecule has 19 heavy (non-hydrogen) atoms. The molecule has 2 atom stereocenters. The summed E-state index contributed by atoms with van der Waals surface area (Å²) in [7, 11) is 2.23. The van der Waals surface area contributed by atoms with Crippen molar-refractivity contribution in [3.63, 3.8) is 0 Å². The molecule has 4 heteroatoms. The van der Waals surface area contributed by atoms with E-state index in [1.807, 2.05) is 0 Å². The van der Waals surface area contributed by atoms with Crippen LogP contribution in [-0.2, 0) is 4.79 Å². The van der Waals surface area contributed by atoms with E-state index in [1.54, 1.807) is 0 Å². The molecule has 1 aliphatic carbocycles. The SMILES string of the molecule is CN1C2CCC1CN(C(=O)CC1(CN)CCC1)CC2. The van der Waals surface area contributed by atoms with Gasteiger partial charge in [-0.3, -0.25) is 9.69 Å². The second kappa shape index (κ2) is 5.06. The van der Waals surface area contributed by atoms with Gasteiger partial charge in [0.25, 0.3) is 0 Å². The molecule has 3 aliphatic rings. The fraction of sp³-hybridized carbons (Fsp3) is 0.933. The minimum Gasteiger partial charge on any atom is -0.341 e. The van der Waals surface area contributed by atoms with Gasteiger partial charge < -0.3 is 10.6 Å². The zero-order valence-electron chi connectivity index (χ0n) is 12.1. The molecule has 0 radical (unpaired) electrons. The van der Waals surface area contributed by atoms with Gasteiger partial charge in [-0.25, -0.2) is 0 Å². The Morgan fingerprint density at radius 3 is 2.63 bits per heavy atom. The predicted octanol–water partition coefficient (Wildman–Crippen LogP) is 1.20. The summed E-state index contributed by atoms with van der Waals surface area (Å²) in [6, 6.07) is 1.29. The Hall–Kier alpha value is -0.610. The number of fused-ring (bicyclic) bond motifs is 2. The highest BCUT2D eigenvalue weighted by Crippen LogP contribution is 2.43. The van der Waals surface area contributed by atoms with Gasteiger partial charge in [-0.05, 0) is 51.1 Å². The number of likely N-dealkylation sites (tertiary alicyclic amines) is 1. The average molecular weight is 265 g/mol. The molecular weight excluding hydrogens is 238 g/mol. The molecule has 0 spiro atoms. The number of nitrogens with zero attached hydrogens (tertiary/aromatic N) is 2. The molecule has 0 aromatic carbocycles. The summed E-state index contributed by atoms with van der Waals surface area (Å²) >= 11 is 0. The van der Waals surface area contributed by atoms with Crippen LogP contribution in [0.2, 0.25) is 0 Å². The van der Waals surface area contributed by atoms with Crippen molar-refractivity contribution < 1.29 is 4.79 Å². The summed E-state index contributed by atoms with van der Waals surface area (Å²) < 4.78 is 0. The second-order valence-electron chi connectivity index (χ2n) is 6.91. The lowest BCUT2D eigenvalue weighted by atomic mass is 9.66. The lowest BCUT2D eigenvalue weighted by Gasteiger charge is -2.41. The molecular formula is C15H27N3O. The van der Waals surface area contributed by atoms with Crippen molar-refractivity contribution in [1.29, 1.82) is 0 Å². The van der Waals surface area contributed by atoms with Crippen molar-refractivity contribution in [2.45, 2.75) is 57.0 Å². The van der Waals surface area contributed by atoms with E-state index in [1.165, 1.54) is 19.3 Å². The summed E-state index contributed by atoms with van der Waals surface area (Å²) in [5, 5.41) is 0. The van der Waals surface area contributed by atoms with Gasteiger partial charge in [-0.2, -0.15) is 0 Å². The number of hydrogen-bond acceptors (Lipinski definition) is 3. The molecule has 2 saturated heterocycles. The molecule has 2 N–H and O–H groups in total. The summed E-state index contributed by atoms with van der Waals surface area (Å²) in [6.07, 6.45) is 7.95. The number of likely N-dealkylation sites (N-methyl/N-ethyl adjacent to an activating group) is 1. The number of amides is 1. The maximum Gasteiger partial charge on any atom is 0.223 e. The van der Waals surface area contributed by atoms with Gasteiger partial charge in [0.05, 0.1) is 0 Å². The Labute approximate surface area is 116 Å². The Kier molecular flexibility index (Phi) is 3.56. The van der Waals surface area contributed by atoms with E-state index >= 15 is 0 Å². The molecule has 2 aliphatic heterocycles. The van der Waals surface area contributed by atoms with Crippen LogP contribution in [0.4, 0.5) is 0 Å². The third-order valence-corrected chi connectivity index (χ3v) is 5.87. The molecule has 0 aromatic heterocycles. The minimum atomic E-state index is 0.147. The maximum atomic E-state index is 12.6. The summed E-state index contributed by atoms with van der Waals surface area (Å²) in [5.74, 6) is 0.353. The summed E-state index contributed by atoms with van der Waals surface area (Å²) in [5.41, 5.74) is 6.03. The number of hydrogen-bond donors (Lipinski definition) is 1. The van der Waals surface area contributed by atoms with Gasteiger partial charge in [0.2, 0.25) is 5.91 Å². The number of carbonyl (C=O) groups is 1. The van der Waals surface area contributed by atoms with E-state index in [-0.39, 0.29) is 5.41 Å². The highest BCUT2D eigenvalue weighted by molar-refractivity contribution is 5.77. The Morgan fingerprint density at radius 1 is 1.26 bits per heavy atom. The topological polar surface area (TPSA) is 49.6 Å². The monoisotopic (exact) mass is 265 g/mol. The van der Waals surface area contributed by atoms with Gasteiger partial charge in [0.1, 0.15) is 0 Å². The van der Waals surface area contributed by atoms with Crippen molar-refractivity contribution in [3.05, 3.63) is 0 Å². The largest absolute Gasteiger partial charge is 0.341 e. The van der Waals surface area contributed by atoms with Crippen LogP contribution in [0, 0.1) is 5.41 Å². The summed E-state index contributed by atoms with van der Waals surface area (Å²) in [6.45, 7) is 2.57. The molecule has 2 unspecified atom stereocenters.